The molecule has 1 fully saturated rings. The van der Waals surface area contributed by atoms with E-state index in [9.17, 15) is 14.0 Å². The average Bonchev–Trinajstić information content (AvgIpc) is 3.04. The first kappa shape index (κ1) is 18.1. The van der Waals surface area contributed by atoms with Crippen LogP contribution in [0.5, 0.6) is 0 Å². The Bertz CT molecular complexity index is 848. The van der Waals surface area contributed by atoms with Gasteiger partial charge in [0, 0.05) is 30.7 Å². The lowest BCUT2D eigenvalue weighted by atomic mass is 10.0. The van der Waals surface area contributed by atoms with E-state index in [1.54, 1.807) is 29.7 Å². The summed E-state index contributed by atoms with van der Waals surface area (Å²) in [4.78, 5) is 33.0. The number of amides is 2. The van der Waals surface area contributed by atoms with Gasteiger partial charge in [-0.05, 0) is 51.5 Å². The molecule has 6 nitrogen and oxygen atoms in total. The van der Waals surface area contributed by atoms with Gasteiger partial charge in [-0.2, -0.15) is 0 Å². The number of rotatable bonds is 2. The van der Waals surface area contributed by atoms with Crippen LogP contribution in [0.1, 0.15) is 46.0 Å². The molecule has 2 heterocycles. The number of aromatic nitrogens is 1. The van der Waals surface area contributed by atoms with Gasteiger partial charge in [-0.25, -0.2) is 9.37 Å². The molecule has 0 spiro atoms. The Hall–Kier alpha value is -2.70. The van der Waals surface area contributed by atoms with E-state index in [2.05, 4.69) is 4.98 Å². The zero-order chi connectivity index (χ0) is 19.0. The van der Waals surface area contributed by atoms with Gasteiger partial charge in [0.1, 0.15) is 11.6 Å². The number of aryl methyl sites for hydroxylation is 2. The fourth-order valence-electron chi connectivity index (χ4n) is 3.31. The number of benzene rings is 1. The van der Waals surface area contributed by atoms with Gasteiger partial charge >= 0.3 is 0 Å². The van der Waals surface area contributed by atoms with Crippen molar-refractivity contribution in [3.05, 3.63) is 53.0 Å². The lowest BCUT2D eigenvalue weighted by molar-refractivity contribution is 0.0237. The molecule has 0 bridgehead atoms. The fourth-order valence-corrected chi connectivity index (χ4v) is 3.31. The SMILES string of the molecule is Cc1cc(C(=O)N2CCN(C(=O)c3ncoc3C)[C@H](C)[C@H]2C)ccc1F. The van der Waals surface area contributed by atoms with Crippen LogP contribution in [0.4, 0.5) is 4.39 Å². The second-order valence-electron chi connectivity index (χ2n) is 6.70. The molecule has 2 atom stereocenters. The average molecular weight is 359 g/mol. The molecule has 1 aliphatic heterocycles. The minimum Gasteiger partial charge on any atom is -0.448 e. The highest BCUT2D eigenvalue weighted by atomic mass is 19.1. The highest BCUT2D eigenvalue weighted by Crippen LogP contribution is 2.22. The monoisotopic (exact) mass is 359 g/mol. The van der Waals surface area contributed by atoms with Crippen molar-refractivity contribution in [2.24, 2.45) is 0 Å². The van der Waals surface area contributed by atoms with Crippen LogP contribution < -0.4 is 0 Å². The number of piperazine rings is 1. The number of halogens is 1. The Morgan fingerprint density at radius 1 is 1.12 bits per heavy atom. The fraction of sp³-hybridized carbons (Fsp3) is 0.421. The molecule has 26 heavy (non-hydrogen) atoms. The van der Waals surface area contributed by atoms with Crippen LogP contribution in [0.15, 0.2) is 29.0 Å². The second kappa shape index (κ2) is 6.90. The first-order valence-electron chi connectivity index (χ1n) is 8.59. The summed E-state index contributed by atoms with van der Waals surface area (Å²) in [6.45, 7) is 7.97. The predicted octanol–water partition coefficient (Wildman–Crippen LogP) is 2.81. The summed E-state index contributed by atoms with van der Waals surface area (Å²) < 4.78 is 18.6. The van der Waals surface area contributed by atoms with E-state index >= 15 is 0 Å². The third-order valence-corrected chi connectivity index (χ3v) is 5.14. The molecule has 0 radical (unpaired) electrons. The van der Waals surface area contributed by atoms with Crippen molar-refractivity contribution in [3.8, 4) is 0 Å². The highest BCUT2D eigenvalue weighted by molar-refractivity contribution is 5.96. The smallest absolute Gasteiger partial charge is 0.276 e. The van der Waals surface area contributed by atoms with Crippen molar-refractivity contribution in [3.63, 3.8) is 0 Å². The van der Waals surface area contributed by atoms with Crippen molar-refractivity contribution >= 4 is 11.8 Å². The van der Waals surface area contributed by atoms with Crippen molar-refractivity contribution in [2.45, 2.75) is 39.8 Å². The summed E-state index contributed by atoms with van der Waals surface area (Å²) >= 11 is 0. The minimum atomic E-state index is -0.332. The summed E-state index contributed by atoms with van der Waals surface area (Å²) in [5.41, 5.74) is 1.19. The number of carbonyl (C=O) groups excluding carboxylic acids is 2. The van der Waals surface area contributed by atoms with Gasteiger partial charge in [-0.15, -0.1) is 0 Å². The topological polar surface area (TPSA) is 66.7 Å². The van der Waals surface area contributed by atoms with Crippen molar-refractivity contribution in [1.82, 2.24) is 14.8 Å². The van der Waals surface area contributed by atoms with Crippen LogP contribution in [0.3, 0.4) is 0 Å². The first-order chi connectivity index (χ1) is 12.3. The number of oxazole rings is 1. The number of hydrogen-bond acceptors (Lipinski definition) is 4. The van der Waals surface area contributed by atoms with Gasteiger partial charge in [0.25, 0.3) is 11.8 Å². The van der Waals surface area contributed by atoms with E-state index in [0.29, 0.717) is 35.7 Å². The van der Waals surface area contributed by atoms with E-state index in [-0.39, 0.29) is 29.7 Å². The van der Waals surface area contributed by atoms with Crippen LogP contribution in [0, 0.1) is 19.7 Å². The van der Waals surface area contributed by atoms with Crippen LogP contribution in [-0.2, 0) is 0 Å². The lowest BCUT2D eigenvalue weighted by Gasteiger charge is -2.44. The molecule has 2 amide bonds. The van der Waals surface area contributed by atoms with Crippen LogP contribution >= 0.6 is 0 Å². The summed E-state index contributed by atoms with van der Waals surface area (Å²) in [6, 6.07) is 4.00. The molecule has 3 rings (SSSR count). The maximum Gasteiger partial charge on any atom is 0.276 e. The zero-order valence-corrected chi connectivity index (χ0v) is 15.3. The molecule has 0 unspecified atom stereocenters. The molecule has 0 N–H and O–H groups in total. The van der Waals surface area contributed by atoms with E-state index in [4.69, 9.17) is 4.42 Å². The Morgan fingerprint density at radius 2 is 1.73 bits per heavy atom. The Kier molecular flexibility index (Phi) is 4.80. The van der Waals surface area contributed by atoms with Gasteiger partial charge in [-0.3, -0.25) is 9.59 Å². The lowest BCUT2D eigenvalue weighted by Crippen LogP contribution is -2.60. The second-order valence-corrected chi connectivity index (χ2v) is 6.70. The van der Waals surface area contributed by atoms with E-state index in [1.807, 2.05) is 13.8 Å². The largest absolute Gasteiger partial charge is 0.448 e. The first-order valence-corrected chi connectivity index (χ1v) is 8.59. The minimum absolute atomic E-state index is 0.155. The standard InChI is InChI=1S/C19H22FN3O3/c1-11-9-15(5-6-16(11)20)18(24)22-7-8-23(13(3)12(22)2)19(25)17-14(4)26-10-21-17/h5-6,9-10,12-13H,7-8H2,1-4H3/t12-,13-/m1/s1. The Labute approximate surface area is 151 Å². The molecule has 7 heteroatoms. The van der Waals surface area contributed by atoms with Gasteiger partial charge < -0.3 is 14.2 Å². The molecule has 1 aromatic carbocycles. The van der Waals surface area contributed by atoms with Crippen molar-refractivity contribution < 1.29 is 18.4 Å². The van der Waals surface area contributed by atoms with E-state index in [1.165, 1.54) is 18.5 Å². The Balaban J connectivity index is 1.78. The van der Waals surface area contributed by atoms with Crippen LogP contribution in [0.2, 0.25) is 0 Å². The third-order valence-electron chi connectivity index (χ3n) is 5.14. The number of hydrogen-bond donors (Lipinski definition) is 0. The van der Waals surface area contributed by atoms with Gasteiger partial charge in [0.2, 0.25) is 0 Å². The van der Waals surface area contributed by atoms with Crippen molar-refractivity contribution in [1.29, 1.82) is 0 Å². The normalized spacial score (nSPS) is 20.3. The molecule has 0 saturated carbocycles. The van der Waals surface area contributed by atoms with Crippen LogP contribution in [-0.4, -0.2) is 51.8 Å². The van der Waals surface area contributed by atoms with E-state index < -0.39 is 0 Å². The molecular formula is C19H22FN3O3. The number of nitrogens with zero attached hydrogens (tertiary/aromatic N) is 3. The zero-order valence-electron chi connectivity index (χ0n) is 15.3. The molecule has 0 aliphatic carbocycles. The summed E-state index contributed by atoms with van der Waals surface area (Å²) in [5.74, 6) is -0.200. The summed E-state index contributed by atoms with van der Waals surface area (Å²) in [5, 5.41) is 0. The van der Waals surface area contributed by atoms with Gasteiger partial charge in [-0.1, -0.05) is 0 Å². The molecule has 2 aromatic rings. The van der Waals surface area contributed by atoms with E-state index in [0.717, 1.165) is 0 Å². The molecular weight excluding hydrogens is 337 g/mol. The quantitative estimate of drug-likeness (QED) is 0.827. The maximum atomic E-state index is 13.5. The van der Waals surface area contributed by atoms with Crippen molar-refractivity contribution in [2.75, 3.05) is 13.1 Å². The predicted molar refractivity (Wildman–Crippen MR) is 93.4 cm³/mol. The molecule has 1 saturated heterocycles. The highest BCUT2D eigenvalue weighted by Gasteiger charge is 2.37. The number of carbonyl (C=O) groups is 2. The summed E-state index contributed by atoms with van der Waals surface area (Å²) in [6.07, 6.45) is 1.26. The van der Waals surface area contributed by atoms with Gasteiger partial charge in [0.15, 0.2) is 12.1 Å². The third kappa shape index (κ3) is 3.09. The molecule has 1 aromatic heterocycles. The molecule has 1 aliphatic rings. The summed E-state index contributed by atoms with van der Waals surface area (Å²) in [7, 11) is 0. The van der Waals surface area contributed by atoms with Gasteiger partial charge in [0.05, 0.1) is 0 Å². The molecule has 138 valence electrons. The van der Waals surface area contributed by atoms with Crippen LogP contribution in [0.25, 0.3) is 0 Å². The Morgan fingerprint density at radius 3 is 2.27 bits per heavy atom. The maximum absolute atomic E-state index is 13.5.